The molecule has 94 valence electrons. The molecular formula is C11H17ClN4O. The summed E-state index contributed by atoms with van der Waals surface area (Å²) in [5.41, 5.74) is 6.84. The SMILES string of the molecule is Cc1nc(Cl)c(NC(C(N)=O)C(C)C)nc1C. The number of aromatic nitrogens is 2. The van der Waals surface area contributed by atoms with Gasteiger partial charge in [-0.25, -0.2) is 9.97 Å². The maximum atomic E-state index is 11.3. The molecule has 1 unspecified atom stereocenters. The number of aryl methyl sites for hydroxylation is 2. The highest BCUT2D eigenvalue weighted by molar-refractivity contribution is 6.31. The zero-order valence-corrected chi connectivity index (χ0v) is 11.2. The summed E-state index contributed by atoms with van der Waals surface area (Å²) in [6.07, 6.45) is 0. The van der Waals surface area contributed by atoms with Crippen LogP contribution in [-0.4, -0.2) is 21.9 Å². The summed E-state index contributed by atoms with van der Waals surface area (Å²) in [5.74, 6) is 0.00957. The number of rotatable bonds is 4. The molecule has 5 nitrogen and oxygen atoms in total. The van der Waals surface area contributed by atoms with Gasteiger partial charge in [0.2, 0.25) is 5.91 Å². The van der Waals surface area contributed by atoms with Crippen molar-refractivity contribution in [2.24, 2.45) is 11.7 Å². The summed E-state index contributed by atoms with van der Waals surface area (Å²) in [6, 6.07) is -0.510. The number of nitrogens with zero attached hydrogens (tertiary/aromatic N) is 2. The van der Waals surface area contributed by atoms with E-state index in [1.165, 1.54) is 0 Å². The van der Waals surface area contributed by atoms with Crippen molar-refractivity contribution in [2.45, 2.75) is 33.7 Å². The number of anilines is 1. The minimum absolute atomic E-state index is 0.0481. The topological polar surface area (TPSA) is 80.9 Å². The van der Waals surface area contributed by atoms with E-state index in [2.05, 4.69) is 15.3 Å². The molecule has 1 atom stereocenters. The first-order valence-corrected chi connectivity index (χ1v) is 5.77. The molecule has 0 saturated carbocycles. The van der Waals surface area contributed by atoms with Gasteiger partial charge >= 0.3 is 0 Å². The number of carbonyl (C=O) groups excluding carboxylic acids is 1. The highest BCUT2D eigenvalue weighted by atomic mass is 35.5. The lowest BCUT2D eigenvalue weighted by Gasteiger charge is -2.20. The van der Waals surface area contributed by atoms with Crippen LogP contribution in [0.4, 0.5) is 5.82 Å². The zero-order chi connectivity index (χ0) is 13.2. The minimum atomic E-state index is -0.510. The van der Waals surface area contributed by atoms with Crippen molar-refractivity contribution in [3.63, 3.8) is 0 Å². The fraction of sp³-hybridized carbons (Fsp3) is 0.545. The van der Waals surface area contributed by atoms with E-state index < -0.39 is 11.9 Å². The Hall–Kier alpha value is -1.36. The molecule has 1 heterocycles. The van der Waals surface area contributed by atoms with Crippen molar-refractivity contribution in [2.75, 3.05) is 5.32 Å². The third kappa shape index (κ3) is 3.30. The first kappa shape index (κ1) is 13.7. The Balaban J connectivity index is 3.01. The van der Waals surface area contributed by atoms with Gasteiger partial charge in [0.15, 0.2) is 11.0 Å². The number of carbonyl (C=O) groups is 1. The molecule has 1 aromatic heterocycles. The molecule has 0 fully saturated rings. The molecule has 0 radical (unpaired) electrons. The second kappa shape index (κ2) is 5.31. The molecular weight excluding hydrogens is 240 g/mol. The minimum Gasteiger partial charge on any atom is -0.368 e. The van der Waals surface area contributed by atoms with Gasteiger partial charge in [0, 0.05) is 0 Å². The molecule has 1 aromatic rings. The van der Waals surface area contributed by atoms with Crippen LogP contribution in [-0.2, 0) is 4.79 Å². The van der Waals surface area contributed by atoms with Crippen molar-refractivity contribution < 1.29 is 4.79 Å². The Bertz CT molecular complexity index is 434. The average Bonchev–Trinajstić information content (AvgIpc) is 2.20. The fourth-order valence-corrected chi connectivity index (χ4v) is 1.60. The number of nitrogens with one attached hydrogen (secondary N) is 1. The highest BCUT2D eigenvalue weighted by Crippen LogP contribution is 2.20. The van der Waals surface area contributed by atoms with Crippen molar-refractivity contribution in [1.82, 2.24) is 9.97 Å². The largest absolute Gasteiger partial charge is 0.368 e. The van der Waals surface area contributed by atoms with Crippen LogP contribution < -0.4 is 11.1 Å². The summed E-state index contributed by atoms with van der Waals surface area (Å²) < 4.78 is 0. The normalized spacial score (nSPS) is 12.6. The predicted molar refractivity (Wildman–Crippen MR) is 68.0 cm³/mol. The molecule has 17 heavy (non-hydrogen) atoms. The van der Waals surface area contributed by atoms with Gasteiger partial charge in [-0.2, -0.15) is 0 Å². The molecule has 1 rings (SSSR count). The second-order valence-corrected chi connectivity index (χ2v) is 4.66. The number of hydrogen-bond acceptors (Lipinski definition) is 4. The fourth-order valence-electron chi connectivity index (χ4n) is 1.38. The van der Waals surface area contributed by atoms with Crippen LogP contribution >= 0.6 is 11.6 Å². The Kier molecular flexibility index (Phi) is 4.28. The summed E-state index contributed by atoms with van der Waals surface area (Å²) in [7, 11) is 0. The number of halogens is 1. The Morgan fingerprint density at radius 1 is 1.29 bits per heavy atom. The third-order valence-electron chi connectivity index (χ3n) is 2.53. The maximum Gasteiger partial charge on any atom is 0.240 e. The van der Waals surface area contributed by atoms with Crippen molar-refractivity contribution in [3.8, 4) is 0 Å². The van der Waals surface area contributed by atoms with Crippen LogP contribution in [0, 0.1) is 19.8 Å². The molecule has 0 saturated heterocycles. The molecule has 0 aliphatic carbocycles. The van der Waals surface area contributed by atoms with Gasteiger partial charge in [0.1, 0.15) is 6.04 Å². The summed E-state index contributed by atoms with van der Waals surface area (Å²) in [6.45, 7) is 7.44. The molecule has 0 spiro atoms. The molecule has 0 bridgehead atoms. The van der Waals surface area contributed by atoms with E-state index >= 15 is 0 Å². The van der Waals surface area contributed by atoms with Gasteiger partial charge in [-0.1, -0.05) is 25.4 Å². The maximum absolute atomic E-state index is 11.3. The lowest BCUT2D eigenvalue weighted by molar-refractivity contribution is -0.119. The quantitative estimate of drug-likeness (QED) is 0.859. The molecule has 0 aromatic carbocycles. The van der Waals surface area contributed by atoms with Crippen LogP contribution in [0.25, 0.3) is 0 Å². The van der Waals surface area contributed by atoms with E-state index in [1.54, 1.807) is 0 Å². The van der Waals surface area contributed by atoms with Gasteiger partial charge in [0.25, 0.3) is 0 Å². The first-order chi connectivity index (χ1) is 7.82. The number of amides is 1. The van der Waals surface area contributed by atoms with Gasteiger partial charge in [-0.05, 0) is 19.8 Å². The van der Waals surface area contributed by atoms with E-state index in [4.69, 9.17) is 17.3 Å². The Morgan fingerprint density at radius 2 is 1.82 bits per heavy atom. The van der Waals surface area contributed by atoms with Crippen LogP contribution in [0.1, 0.15) is 25.2 Å². The van der Waals surface area contributed by atoms with Crippen LogP contribution in [0.5, 0.6) is 0 Å². The van der Waals surface area contributed by atoms with Crippen molar-refractivity contribution in [3.05, 3.63) is 16.5 Å². The van der Waals surface area contributed by atoms with E-state index in [0.717, 1.165) is 11.4 Å². The van der Waals surface area contributed by atoms with E-state index in [0.29, 0.717) is 5.82 Å². The van der Waals surface area contributed by atoms with Crippen molar-refractivity contribution >= 4 is 23.3 Å². The van der Waals surface area contributed by atoms with Crippen LogP contribution in [0.2, 0.25) is 5.15 Å². The summed E-state index contributed by atoms with van der Waals surface area (Å²) in [5, 5.41) is 3.18. The smallest absolute Gasteiger partial charge is 0.240 e. The first-order valence-electron chi connectivity index (χ1n) is 5.39. The molecule has 0 aliphatic heterocycles. The van der Waals surface area contributed by atoms with Gasteiger partial charge in [-0.3, -0.25) is 4.79 Å². The summed E-state index contributed by atoms with van der Waals surface area (Å²) >= 11 is 5.97. The van der Waals surface area contributed by atoms with E-state index in [9.17, 15) is 4.79 Å². The van der Waals surface area contributed by atoms with Crippen molar-refractivity contribution in [1.29, 1.82) is 0 Å². The van der Waals surface area contributed by atoms with Crippen LogP contribution in [0.15, 0.2) is 0 Å². The molecule has 6 heteroatoms. The Morgan fingerprint density at radius 3 is 2.29 bits per heavy atom. The van der Waals surface area contributed by atoms with E-state index in [1.807, 2.05) is 27.7 Å². The lowest BCUT2D eigenvalue weighted by Crippen LogP contribution is -2.40. The monoisotopic (exact) mass is 256 g/mol. The number of hydrogen-bond donors (Lipinski definition) is 2. The van der Waals surface area contributed by atoms with Crippen LogP contribution in [0.3, 0.4) is 0 Å². The zero-order valence-electron chi connectivity index (χ0n) is 10.4. The molecule has 3 N–H and O–H groups in total. The summed E-state index contributed by atoms with van der Waals surface area (Å²) in [4.78, 5) is 19.7. The highest BCUT2D eigenvalue weighted by Gasteiger charge is 2.21. The molecule has 1 amide bonds. The van der Waals surface area contributed by atoms with Gasteiger partial charge < -0.3 is 11.1 Å². The van der Waals surface area contributed by atoms with E-state index in [-0.39, 0.29) is 11.1 Å². The Labute approximate surface area is 106 Å². The predicted octanol–water partition coefficient (Wildman–Crippen LogP) is 1.67. The lowest BCUT2D eigenvalue weighted by atomic mass is 10.0. The van der Waals surface area contributed by atoms with Gasteiger partial charge in [0.05, 0.1) is 11.4 Å². The number of primary amides is 1. The van der Waals surface area contributed by atoms with Gasteiger partial charge in [-0.15, -0.1) is 0 Å². The third-order valence-corrected chi connectivity index (χ3v) is 2.79. The second-order valence-electron chi connectivity index (χ2n) is 4.30. The molecule has 0 aliphatic rings. The standard InChI is InChI=1S/C11H17ClN4O/c1-5(2)8(10(13)17)16-11-9(12)14-6(3)7(4)15-11/h5,8H,1-4H3,(H2,13,17)(H,15,16). The average molecular weight is 257 g/mol. The number of nitrogens with two attached hydrogens (primary N) is 1.